The molecule has 1 aromatic heterocycles. The summed E-state index contributed by atoms with van der Waals surface area (Å²) < 4.78 is 2.26. The van der Waals surface area contributed by atoms with Crippen molar-refractivity contribution in [3.05, 3.63) is 71.4 Å². The minimum Gasteiger partial charge on any atom is -0.478 e. The minimum absolute atomic E-state index is 0.406. The zero-order chi connectivity index (χ0) is 19.1. The molecule has 1 aliphatic heterocycles. The third kappa shape index (κ3) is 2.77. The number of aryl methyl sites for hydroxylation is 1. The maximum Gasteiger partial charge on any atom is 0.336 e. The van der Waals surface area contributed by atoms with Crippen LogP contribution in [0.3, 0.4) is 0 Å². The Balaban J connectivity index is 1.80. The van der Waals surface area contributed by atoms with Gasteiger partial charge >= 0.3 is 5.97 Å². The van der Waals surface area contributed by atoms with E-state index < -0.39 is 5.97 Å². The molecule has 3 heteroatoms. The number of hydrogen-bond donors (Lipinski definition) is 1. The average Bonchev–Trinajstić information content (AvgIpc) is 3.08. The molecular weight excluding hydrogens is 346 g/mol. The van der Waals surface area contributed by atoms with Gasteiger partial charge in [-0.05, 0) is 54.0 Å². The fourth-order valence-corrected chi connectivity index (χ4v) is 5.24. The van der Waals surface area contributed by atoms with Crippen LogP contribution in [-0.2, 0) is 6.54 Å². The van der Waals surface area contributed by atoms with E-state index in [0.29, 0.717) is 11.5 Å². The Kier molecular flexibility index (Phi) is 4.31. The van der Waals surface area contributed by atoms with Crippen molar-refractivity contribution < 1.29 is 9.90 Å². The standard InChI is InChI=1S/C25H25NO2/c27-25(28)21-11-12-22-23(18-9-5-2-6-10-18)19(17-7-3-1-4-8-17)13-15-26-16-14-20(21)24(22)26/h1,3-4,7-8,11-12,14,16,18H,2,5-6,9-10,13,15H2,(H,27,28). The lowest BCUT2D eigenvalue weighted by molar-refractivity contribution is 0.0699. The summed E-state index contributed by atoms with van der Waals surface area (Å²) in [6.07, 6.45) is 9.40. The maximum absolute atomic E-state index is 11.8. The average molecular weight is 371 g/mol. The molecule has 2 heterocycles. The fraction of sp³-hybridized carbons (Fsp3) is 0.320. The summed E-state index contributed by atoms with van der Waals surface area (Å²) in [6, 6.07) is 16.6. The van der Waals surface area contributed by atoms with Gasteiger partial charge in [0.15, 0.2) is 0 Å². The third-order valence-electron chi connectivity index (χ3n) is 6.51. The van der Waals surface area contributed by atoms with Crippen molar-refractivity contribution in [2.45, 2.75) is 45.1 Å². The van der Waals surface area contributed by atoms with Gasteiger partial charge in [0.2, 0.25) is 0 Å². The molecule has 3 nitrogen and oxygen atoms in total. The highest BCUT2D eigenvalue weighted by Crippen LogP contribution is 2.45. The van der Waals surface area contributed by atoms with E-state index in [2.05, 4.69) is 47.2 Å². The van der Waals surface area contributed by atoms with Crippen LogP contribution in [0.4, 0.5) is 0 Å². The highest BCUT2D eigenvalue weighted by atomic mass is 16.4. The summed E-state index contributed by atoms with van der Waals surface area (Å²) in [5.41, 5.74) is 6.97. The Morgan fingerprint density at radius 2 is 1.75 bits per heavy atom. The number of aromatic nitrogens is 1. The van der Waals surface area contributed by atoms with Crippen molar-refractivity contribution in [2.75, 3.05) is 0 Å². The number of carbonyl (C=O) groups is 1. The summed E-state index contributed by atoms with van der Waals surface area (Å²) in [7, 11) is 0. The number of carboxylic acid groups (broad SMARTS) is 1. The van der Waals surface area contributed by atoms with Crippen LogP contribution >= 0.6 is 0 Å². The predicted molar refractivity (Wildman–Crippen MR) is 113 cm³/mol. The van der Waals surface area contributed by atoms with E-state index in [1.165, 1.54) is 54.4 Å². The Morgan fingerprint density at radius 1 is 0.964 bits per heavy atom. The molecule has 2 aromatic carbocycles. The second kappa shape index (κ2) is 6.97. The van der Waals surface area contributed by atoms with Gasteiger partial charge in [0.1, 0.15) is 0 Å². The summed E-state index contributed by atoms with van der Waals surface area (Å²) >= 11 is 0. The van der Waals surface area contributed by atoms with Gasteiger partial charge in [-0.1, -0.05) is 55.7 Å². The highest BCUT2D eigenvalue weighted by molar-refractivity contribution is 6.09. The number of benzene rings is 2. The zero-order valence-corrected chi connectivity index (χ0v) is 16.0. The molecule has 1 saturated carbocycles. The van der Waals surface area contributed by atoms with Gasteiger partial charge in [0.05, 0.1) is 11.1 Å². The molecule has 0 bridgehead atoms. The van der Waals surface area contributed by atoms with E-state index in [-0.39, 0.29) is 0 Å². The van der Waals surface area contributed by atoms with Crippen molar-refractivity contribution in [1.29, 1.82) is 0 Å². The molecule has 1 fully saturated rings. The smallest absolute Gasteiger partial charge is 0.336 e. The molecule has 0 radical (unpaired) electrons. The van der Waals surface area contributed by atoms with E-state index in [1.54, 1.807) is 6.07 Å². The third-order valence-corrected chi connectivity index (χ3v) is 6.51. The van der Waals surface area contributed by atoms with Gasteiger partial charge in [-0.3, -0.25) is 0 Å². The molecule has 2 aliphatic rings. The van der Waals surface area contributed by atoms with Crippen LogP contribution in [-0.4, -0.2) is 15.6 Å². The number of allylic oxidation sites excluding steroid dienone is 2. The Morgan fingerprint density at radius 3 is 2.50 bits per heavy atom. The first-order chi connectivity index (χ1) is 13.7. The number of carboxylic acids is 1. The number of hydrogen-bond acceptors (Lipinski definition) is 1. The first-order valence-corrected chi connectivity index (χ1v) is 10.4. The maximum atomic E-state index is 11.8. The SMILES string of the molecule is O=C(O)c1ccc2c3c1ccn3CCC(c1ccccc1)=C2C1CCCCC1. The fourth-order valence-electron chi connectivity index (χ4n) is 5.24. The van der Waals surface area contributed by atoms with E-state index in [4.69, 9.17) is 0 Å². The second-order valence-electron chi connectivity index (χ2n) is 8.08. The van der Waals surface area contributed by atoms with Crippen molar-refractivity contribution >= 4 is 28.0 Å². The van der Waals surface area contributed by atoms with E-state index in [1.807, 2.05) is 6.07 Å². The summed E-state index contributed by atoms with van der Waals surface area (Å²) in [5, 5.41) is 10.5. The Bertz CT molecular complexity index is 1070. The van der Waals surface area contributed by atoms with Crippen molar-refractivity contribution in [2.24, 2.45) is 5.92 Å². The summed E-state index contributed by atoms with van der Waals surface area (Å²) in [5.74, 6) is -0.288. The first kappa shape index (κ1) is 17.3. The normalized spacial score (nSPS) is 17.7. The molecule has 0 unspecified atom stereocenters. The van der Waals surface area contributed by atoms with Gasteiger partial charge in [-0.15, -0.1) is 0 Å². The van der Waals surface area contributed by atoms with Crippen molar-refractivity contribution in [3.63, 3.8) is 0 Å². The molecule has 5 rings (SSSR count). The Hall–Kier alpha value is -2.81. The van der Waals surface area contributed by atoms with Crippen LogP contribution in [0.5, 0.6) is 0 Å². The topological polar surface area (TPSA) is 42.2 Å². The minimum atomic E-state index is -0.847. The molecule has 142 valence electrons. The summed E-state index contributed by atoms with van der Waals surface area (Å²) in [4.78, 5) is 11.8. The van der Waals surface area contributed by atoms with Crippen molar-refractivity contribution in [1.82, 2.24) is 4.57 Å². The van der Waals surface area contributed by atoms with Gasteiger partial charge in [-0.2, -0.15) is 0 Å². The lowest BCUT2D eigenvalue weighted by Crippen LogP contribution is -2.11. The monoisotopic (exact) mass is 371 g/mol. The molecule has 0 saturated heterocycles. The van der Waals surface area contributed by atoms with E-state index in [0.717, 1.165) is 23.9 Å². The van der Waals surface area contributed by atoms with Crippen molar-refractivity contribution in [3.8, 4) is 0 Å². The number of nitrogens with zero attached hydrogens (tertiary/aromatic N) is 1. The van der Waals surface area contributed by atoms with Crippen LogP contribution in [0, 0.1) is 5.92 Å². The van der Waals surface area contributed by atoms with Crippen LogP contribution < -0.4 is 0 Å². The molecule has 0 spiro atoms. The van der Waals surface area contributed by atoms with Gasteiger partial charge < -0.3 is 9.67 Å². The first-order valence-electron chi connectivity index (χ1n) is 10.4. The molecular formula is C25H25NO2. The largest absolute Gasteiger partial charge is 0.478 e. The van der Waals surface area contributed by atoms with Crippen LogP contribution in [0.15, 0.2) is 54.7 Å². The van der Waals surface area contributed by atoms with Crippen LogP contribution in [0.25, 0.3) is 22.0 Å². The predicted octanol–water partition coefficient (Wildman–Crippen LogP) is 6.23. The van der Waals surface area contributed by atoms with Gasteiger partial charge in [0.25, 0.3) is 0 Å². The molecule has 3 aromatic rings. The lowest BCUT2D eigenvalue weighted by atomic mass is 9.77. The van der Waals surface area contributed by atoms with Gasteiger partial charge in [0, 0.05) is 23.7 Å². The quantitative estimate of drug-likeness (QED) is 0.592. The second-order valence-corrected chi connectivity index (χ2v) is 8.08. The van der Waals surface area contributed by atoms with Crippen LogP contribution in [0.1, 0.15) is 60.0 Å². The molecule has 28 heavy (non-hydrogen) atoms. The highest BCUT2D eigenvalue weighted by Gasteiger charge is 2.28. The van der Waals surface area contributed by atoms with Crippen LogP contribution in [0.2, 0.25) is 0 Å². The van der Waals surface area contributed by atoms with E-state index in [9.17, 15) is 9.90 Å². The Labute approximate surface area is 165 Å². The molecule has 0 atom stereocenters. The number of rotatable bonds is 3. The molecule has 0 amide bonds. The lowest BCUT2D eigenvalue weighted by Gasteiger charge is -2.28. The van der Waals surface area contributed by atoms with E-state index >= 15 is 0 Å². The summed E-state index contributed by atoms with van der Waals surface area (Å²) in [6.45, 7) is 0.889. The zero-order valence-electron chi connectivity index (χ0n) is 16.0. The molecule has 1 N–H and O–H groups in total. The van der Waals surface area contributed by atoms with Gasteiger partial charge in [-0.25, -0.2) is 4.79 Å². The molecule has 1 aliphatic carbocycles. The number of aromatic carboxylic acids is 1.